The van der Waals surface area contributed by atoms with Gasteiger partial charge in [-0.15, -0.1) is 0 Å². The van der Waals surface area contributed by atoms with Gasteiger partial charge in [-0.25, -0.2) is 19.3 Å². The normalized spacial score (nSPS) is 14.0. The summed E-state index contributed by atoms with van der Waals surface area (Å²) in [5, 5.41) is 0. The number of anilines is 1. The summed E-state index contributed by atoms with van der Waals surface area (Å²) in [6.45, 7) is 2.70. The molecular formula is C23H23FN6O2. The SMILES string of the molecule is CCc1ncnc(-c2ccc(C(=O)N3CCN(C)C(=O)C3)c(F)c2)c1-c1ccc(N)nc1. The number of nitrogen functional groups attached to an aromatic ring is 1. The van der Waals surface area contributed by atoms with Crippen molar-refractivity contribution in [2.75, 3.05) is 32.4 Å². The summed E-state index contributed by atoms with van der Waals surface area (Å²) in [6.07, 6.45) is 3.72. The molecule has 164 valence electrons. The zero-order valence-corrected chi connectivity index (χ0v) is 17.9. The van der Waals surface area contributed by atoms with Crippen LogP contribution in [0.1, 0.15) is 23.0 Å². The second kappa shape index (κ2) is 8.70. The molecule has 0 aliphatic carbocycles. The van der Waals surface area contributed by atoms with Crippen molar-refractivity contribution >= 4 is 17.6 Å². The van der Waals surface area contributed by atoms with Crippen LogP contribution in [-0.2, 0) is 11.2 Å². The van der Waals surface area contributed by atoms with Gasteiger partial charge in [0.15, 0.2) is 0 Å². The first-order valence-corrected chi connectivity index (χ1v) is 10.3. The predicted octanol–water partition coefficient (Wildman–Crippen LogP) is 2.40. The van der Waals surface area contributed by atoms with Gasteiger partial charge in [-0.2, -0.15) is 0 Å². The molecule has 2 aromatic heterocycles. The number of nitrogens with zero attached hydrogens (tertiary/aromatic N) is 5. The summed E-state index contributed by atoms with van der Waals surface area (Å²) in [7, 11) is 1.68. The molecule has 9 heteroatoms. The van der Waals surface area contributed by atoms with Crippen LogP contribution in [0.3, 0.4) is 0 Å². The van der Waals surface area contributed by atoms with Crippen LogP contribution in [0.15, 0.2) is 42.9 Å². The maximum Gasteiger partial charge on any atom is 0.257 e. The molecule has 4 rings (SSSR count). The van der Waals surface area contributed by atoms with Crippen LogP contribution in [0.5, 0.6) is 0 Å². The average Bonchev–Trinajstić information content (AvgIpc) is 2.80. The maximum atomic E-state index is 15.1. The van der Waals surface area contributed by atoms with E-state index in [-0.39, 0.29) is 18.0 Å². The highest BCUT2D eigenvalue weighted by atomic mass is 19.1. The topological polar surface area (TPSA) is 105 Å². The molecule has 0 unspecified atom stereocenters. The van der Waals surface area contributed by atoms with Crippen molar-refractivity contribution < 1.29 is 14.0 Å². The molecule has 0 bridgehead atoms. The number of benzene rings is 1. The Morgan fingerprint density at radius 1 is 1.12 bits per heavy atom. The fourth-order valence-corrected chi connectivity index (χ4v) is 3.70. The summed E-state index contributed by atoms with van der Waals surface area (Å²) >= 11 is 0. The monoisotopic (exact) mass is 434 g/mol. The van der Waals surface area contributed by atoms with Crippen LogP contribution in [0, 0.1) is 5.82 Å². The zero-order valence-electron chi connectivity index (χ0n) is 17.9. The zero-order chi connectivity index (χ0) is 22.8. The molecule has 0 atom stereocenters. The number of piperazine rings is 1. The van der Waals surface area contributed by atoms with E-state index >= 15 is 4.39 Å². The van der Waals surface area contributed by atoms with Crippen molar-refractivity contribution in [3.05, 3.63) is 59.9 Å². The Balaban J connectivity index is 1.71. The van der Waals surface area contributed by atoms with Gasteiger partial charge in [0, 0.05) is 43.0 Å². The van der Waals surface area contributed by atoms with E-state index in [2.05, 4.69) is 15.0 Å². The molecule has 1 saturated heterocycles. The fraction of sp³-hybridized carbons (Fsp3) is 0.261. The van der Waals surface area contributed by atoms with Crippen LogP contribution >= 0.6 is 0 Å². The van der Waals surface area contributed by atoms with E-state index < -0.39 is 11.7 Å². The first kappa shape index (κ1) is 21.4. The second-order valence-electron chi connectivity index (χ2n) is 7.61. The Kier molecular flexibility index (Phi) is 5.81. The van der Waals surface area contributed by atoms with Crippen molar-refractivity contribution in [3.63, 3.8) is 0 Å². The van der Waals surface area contributed by atoms with Gasteiger partial charge in [-0.3, -0.25) is 9.59 Å². The molecular weight excluding hydrogens is 411 g/mol. The van der Waals surface area contributed by atoms with Crippen molar-refractivity contribution in [1.29, 1.82) is 0 Å². The highest BCUT2D eigenvalue weighted by Crippen LogP contribution is 2.33. The second-order valence-corrected chi connectivity index (χ2v) is 7.61. The maximum absolute atomic E-state index is 15.1. The number of halogens is 1. The first-order chi connectivity index (χ1) is 15.4. The van der Waals surface area contributed by atoms with E-state index in [0.29, 0.717) is 36.6 Å². The number of amides is 2. The predicted molar refractivity (Wildman–Crippen MR) is 118 cm³/mol. The lowest BCUT2D eigenvalue weighted by atomic mass is 9.96. The molecule has 1 aromatic carbocycles. The minimum Gasteiger partial charge on any atom is -0.384 e. The molecule has 0 saturated carbocycles. The average molecular weight is 434 g/mol. The number of hydrogen-bond donors (Lipinski definition) is 1. The summed E-state index contributed by atoms with van der Waals surface area (Å²) in [6, 6.07) is 7.90. The standard InChI is InChI=1S/C23H23FN6O2/c1-3-18-21(15-5-7-19(25)26-11-15)22(28-13-27-18)14-4-6-16(17(24)10-14)23(32)30-9-8-29(2)20(31)12-30/h4-7,10-11,13H,3,8-9,12H2,1-2H3,(H2,25,26). The van der Waals surface area contributed by atoms with Gasteiger partial charge in [0.1, 0.15) is 24.5 Å². The number of hydrogen-bond acceptors (Lipinski definition) is 6. The van der Waals surface area contributed by atoms with Crippen LogP contribution in [0.25, 0.3) is 22.4 Å². The molecule has 3 heterocycles. The third kappa shape index (κ3) is 4.01. The highest BCUT2D eigenvalue weighted by molar-refractivity contribution is 5.98. The van der Waals surface area contributed by atoms with Crippen molar-refractivity contribution in [1.82, 2.24) is 24.8 Å². The molecule has 8 nitrogen and oxygen atoms in total. The number of likely N-dealkylation sites (N-methyl/N-ethyl adjacent to an activating group) is 1. The van der Waals surface area contributed by atoms with Crippen molar-refractivity contribution in [2.45, 2.75) is 13.3 Å². The summed E-state index contributed by atoms with van der Waals surface area (Å²) < 4.78 is 15.1. The minimum atomic E-state index is -0.670. The largest absolute Gasteiger partial charge is 0.384 e. The van der Waals surface area contributed by atoms with E-state index in [1.807, 2.05) is 13.0 Å². The lowest BCUT2D eigenvalue weighted by molar-refractivity contribution is -0.133. The number of rotatable bonds is 4. The van der Waals surface area contributed by atoms with E-state index in [0.717, 1.165) is 16.8 Å². The minimum absolute atomic E-state index is 0.0589. The molecule has 2 N–H and O–H groups in total. The number of aryl methyl sites for hydroxylation is 1. The number of carbonyl (C=O) groups excluding carboxylic acids is 2. The molecule has 1 aliphatic rings. The number of carbonyl (C=O) groups is 2. The van der Waals surface area contributed by atoms with Crippen LogP contribution in [0.4, 0.5) is 10.2 Å². The fourth-order valence-electron chi connectivity index (χ4n) is 3.70. The third-order valence-electron chi connectivity index (χ3n) is 5.55. The van der Waals surface area contributed by atoms with Gasteiger partial charge in [-0.1, -0.05) is 13.0 Å². The van der Waals surface area contributed by atoms with Gasteiger partial charge >= 0.3 is 0 Å². The smallest absolute Gasteiger partial charge is 0.257 e. The van der Waals surface area contributed by atoms with Crippen molar-refractivity contribution in [3.8, 4) is 22.4 Å². The van der Waals surface area contributed by atoms with E-state index in [4.69, 9.17) is 5.73 Å². The molecule has 3 aromatic rings. The number of pyridine rings is 1. The molecule has 1 fully saturated rings. The third-order valence-corrected chi connectivity index (χ3v) is 5.55. The Labute approximate surface area is 184 Å². The van der Waals surface area contributed by atoms with Gasteiger partial charge < -0.3 is 15.5 Å². The molecule has 2 amide bonds. The lowest BCUT2D eigenvalue weighted by Crippen LogP contribution is -2.50. The van der Waals surface area contributed by atoms with Gasteiger partial charge in [0.25, 0.3) is 5.91 Å². The summed E-state index contributed by atoms with van der Waals surface area (Å²) in [5.41, 5.74) is 8.99. The number of nitrogens with two attached hydrogens (primary N) is 1. The Bertz CT molecular complexity index is 1180. The van der Waals surface area contributed by atoms with E-state index in [9.17, 15) is 9.59 Å². The van der Waals surface area contributed by atoms with Crippen molar-refractivity contribution in [2.24, 2.45) is 0 Å². The van der Waals surface area contributed by atoms with Gasteiger partial charge in [-0.05, 0) is 30.7 Å². The highest BCUT2D eigenvalue weighted by Gasteiger charge is 2.27. The quantitative estimate of drug-likeness (QED) is 0.676. The molecule has 32 heavy (non-hydrogen) atoms. The Morgan fingerprint density at radius 2 is 1.91 bits per heavy atom. The van der Waals surface area contributed by atoms with Gasteiger partial charge in [0.05, 0.1) is 17.0 Å². The van der Waals surface area contributed by atoms with Crippen LogP contribution < -0.4 is 5.73 Å². The van der Waals surface area contributed by atoms with Crippen LogP contribution in [0.2, 0.25) is 0 Å². The lowest BCUT2D eigenvalue weighted by Gasteiger charge is -2.32. The summed E-state index contributed by atoms with van der Waals surface area (Å²) in [4.78, 5) is 40.6. The Hall–Kier alpha value is -3.88. The number of aromatic nitrogens is 3. The Morgan fingerprint density at radius 3 is 2.56 bits per heavy atom. The van der Waals surface area contributed by atoms with E-state index in [1.165, 1.54) is 23.4 Å². The molecule has 0 radical (unpaired) electrons. The molecule has 1 aliphatic heterocycles. The van der Waals surface area contributed by atoms with Crippen LogP contribution in [-0.4, -0.2) is 63.2 Å². The molecule has 0 spiro atoms. The van der Waals surface area contributed by atoms with Gasteiger partial charge in [0.2, 0.25) is 5.91 Å². The first-order valence-electron chi connectivity index (χ1n) is 10.3. The van der Waals surface area contributed by atoms with E-state index in [1.54, 1.807) is 30.3 Å². The summed E-state index contributed by atoms with van der Waals surface area (Å²) in [5.74, 6) is -0.953.